The van der Waals surface area contributed by atoms with Gasteiger partial charge in [-0.3, -0.25) is 4.79 Å². The number of carbonyl (C=O) groups excluding carboxylic acids is 1. The van der Waals surface area contributed by atoms with E-state index in [1.807, 2.05) is 48.0 Å². The number of hydrogen-bond acceptors (Lipinski definition) is 7. The van der Waals surface area contributed by atoms with Crippen molar-refractivity contribution in [2.45, 2.75) is 26.4 Å². The molecule has 2 aromatic carbocycles. The van der Waals surface area contributed by atoms with Crippen LogP contribution in [0.3, 0.4) is 0 Å². The van der Waals surface area contributed by atoms with Crippen LogP contribution in [0.2, 0.25) is 5.02 Å². The average Bonchev–Trinajstić information content (AvgIpc) is 3.57. The van der Waals surface area contributed by atoms with Gasteiger partial charge in [-0.25, -0.2) is 15.0 Å². The Morgan fingerprint density at radius 1 is 1.29 bits per heavy atom. The van der Waals surface area contributed by atoms with Gasteiger partial charge in [0.2, 0.25) is 5.95 Å². The number of para-hydroxylation sites is 1. The van der Waals surface area contributed by atoms with Gasteiger partial charge < -0.3 is 25.5 Å². The summed E-state index contributed by atoms with van der Waals surface area (Å²) in [6.45, 7) is 4.76. The Bertz CT molecular complexity index is 1460. The van der Waals surface area contributed by atoms with E-state index >= 15 is 0 Å². The van der Waals surface area contributed by atoms with E-state index in [1.54, 1.807) is 24.8 Å². The van der Waals surface area contributed by atoms with E-state index in [0.29, 0.717) is 26.7 Å². The van der Waals surface area contributed by atoms with Gasteiger partial charge >= 0.3 is 0 Å². The number of anilines is 4. The van der Waals surface area contributed by atoms with Crippen LogP contribution in [0.1, 0.15) is 22.2 Å². The number of aromatic amines is 1. The lowest BCUT2D eigenvalue weighted by molar-refractivity contribution is 0.103. The predicted molar refractivity (Wildman–Crippen MR) is 141 cm³/mol. The molecule has 4 N–H and O–H groups in total. The first-order valence-corrected chi connectivity index (χ1v) is 12.2. The van der Waals surface area contributed by atoms with Crippen LogP contribution in [-0.4, -0.2) is 36.5 Å². The Morgan fingerprint density at radius 2 is 2.17 bits per heavy atom. The van der Waals surface area contributed by atoms with E-state index in [1.165, 1.54) is 11.3 Å². The first-order chi connectivity index (χ1) is 16.9. The molecular formula is C24H23ClN8OS. The van der Waals surface area contributed by atoms with Crippen molar-refractivity contribution < 1.29 is 4.79 Å². The van der Waals surface area contributed by atoms with Crippen molar-refractivity contribution in [3.05, 3.63) is 76.8 Å². The number of rotatable bonds is 8. The SMILES string of the molecule is Cc1cccc(Cl)c1NC(=O)c1cnc(Nc2ccc3[nH]c(NC(C)Cn4ccnc4)nc3c2)s1. The lowest BCUT2D eigenvalue weighted by Crippen LogP contribution is -2.21. The number of benzene rings is 2. The molecule has 0 saturated heterocycles. The zero-order chi connectivity index (χ0) is 24.4. The first kappa shape index (κ1) is 22.9. The number of nitrogens with one attached hydrogen (secondary N) is 4. The second kappa shape index (κ2) is 9.77. The van der Waals surface area contributed by atoms with Gasteiger partial charge in [-0.2, -0.15) is 0 Å². The Morgan fingerprint density at radius 3 is 2.97 bits per heavy atom. The number of carbonyl (C=O) groups is 1. The molecule has 0 aliphatic carbocycles. The summed E-state index contributed by atoms with van der Waals surface area (Å²) < 4.78 is 2.01. The maximum atomic E-state index is 12.7. The molecule has 5 rings (SSSR count). The van der Waals surface area contributed by atoms with Crippen LogP contribution in [0.4, 0.5) is 22.5 Å². The standard InChI is InChI=1S/C24H23ClN8OS/c1-14-4-3-5-17(25)21(14)32-22(34)20-11-27-24(35-20)29-16-6-7-18-19(10-16)31-23(30-18)28-15(2)12-33-9-8-26-13-33/h3-11,13,15H,12H2,1-2H3,(H,27,29)(H,32,34)(H2,28,30,31). The number of halogens is 1. The molecule has 3 aromatic heterocycles. The lowest BCUT2D eigenvalue weighted by atomic mass is 10.2. The van der Waals surface area contributed by atoms with E-state index in [2.05, 4.69) is 42.8 Å². The summed E-state index contributed by atoms with van der Waals surface area (Å²) >= 11 is 7.49. The highest BCUT2D eigenvalue weighted by molar-refractivity contribution is 7.17. The number of aromatic nitrogens is 5. The minimum atomic E-state index is -0.255. The van der Waals surface area contributed by atoms with Crippen molar-refractivity contribution in [1.82, 2.24) is 24.5 Å². The van der Waals surface area contributed by atoms with Crippen LogP contribution < -0.4 is 16.0 Å². The Hall–Kier alpha value is -3.89. The molecular weight excluding hydrogens is 484 g/mol. The monoisotopic (exact) mass is 506 g/mol. The third-order valence-electron chi connectivity index (χ3n) is 5.35. The predicted octanol–water partition coefficient (Wildman–Crippen LogP) is 5.67. The number of aryl methyl sites for hydroxylation is 1. The van der Waals surface area contributed by atoms with E-state index in [9.17, 15) is 4.79 Å². The average molecular weight is 507 g/mol. The molecule has 0 spiro atoms. The molecule has 0 fully saturated rings. The van der Waals surface area contributed by atoms with E-state index < -0.39 is 0 Å². The molecule has 1 amide bonds. The molecule has 9 nitrogen and oxygen atoms in total. The van der Waals surface area contributed by atoms with Crippen LogP contribution in [-0.2, 0) is 6.54 Å². The largest absolute Gasteiger partial charge is 0.352 e. The summed E-state index contributed by atoms with van der Waals surface area (Å²) in [4.78, 5) is 29.5. The summed E-state index contributed by atoms with van der Waals surface area (Å²) in [7, 11) is 0. The molecule has 1 unspecified atom stereocenters. The second-order valence-corrected chi connectivity index (χ2v) is 9.60. The fourth-order valence-corrected chi connectivity index (χ4v) is 4.67. The number of imidazole rings is 2. The number of thiazole rings is 1. The molecule has 0 saturated carbocycles. The highest BCUT2D eigenvalue weighted by Crippen LogP contribution is 2.29. The molecule has 11 heteroatoms. The Kier molecular flexibility index (Phi) is 6.39. The summed E-state index contributed by atoms with van der Waals surface area (Å²) in [5.41, 5.74) is 4.06. The molecule has 3 heterocycles. The Labute approximate surface area is 210 Å². The smallest absolute Gasteiger partial charge is 0.267 e. The lowest BCUT2D eigenvalue weighted by Gasteiger charge is -2.13. The zero-order valence-electron chi connectivity index (χ0n) is 19.0. The second-order valence-electron chi connectivity index (χ2n) is 8.16. The maximum Gasteiger partial charge on any atom is 0.267 e. The Balaban J connectivity index is 1.25. The van der Waals surface area contributed by atoms with Crippen LogP contribution >= 0.6 is 22.9 Å². The quantitative estimate of drug-likeness (QED) is 0.215. The van der Waals surface area contributed by atoms with Crippen molar-refractivity contribution in [2.75, 3.05) is 16.0 Å². The van der Waals surface area contributed by atoms with Crippen molar-refractivity contribution in [3.8, 4) is 0 Å². The molecule has 0 bridgehead atoms. The fourth-order valence-electron chi connectivity index (χ4n) is 3.67. The van der Waals surface area contributed by atoms with Gasteiger partial charge in [-0.05, 0) is 43.7 Å². The first-order valence-electron chi connectivity index (χ1n) is 11.0. The molecule has 1 atom stereocenters. The number of nitrogens with zero attached hydrogens (tertiary/aromatic N) is 4. The van der Waals surface area contributed by atoms with Gasteiger partial charge in [0.1, 0.15) is 4.88 Å². The van der Waals surface area contributed by atoms with Gasteiger partial charge in [0.25, 0.3) is 5.91 Å². The van der Waals surface area contributed by atoms with Gasteiger partial charge in [-0.1, -0.05) is 35.1 Å². The van der Waals surface area contributed by atoms with Crippen molar-refractivity contribution in [1.29, 1.82) is 0 Å². The number of hydrogen-bond donors (Lipinski definition) is 4. The zero-order valence-corrected chi connectivity index (χ0v) is 20.6. The molecule has 0 radical (unpaired) electrons. The van der Waals surface area contributed by atoms with E-state index in [0.717, 1.165) is 28.8 Å². The van der Waals surface area contributed by atoms with Crippen molar-refractivity contribution in [3.63, 3.8) is 0 Å². The van der Waals surface area contributed by atoms with Gasteiger partial charge in [0.15, 0.2) is 5.13 Å². The van der Waals surface area contributed by atoms with Gasteiger partial charge in [0, 0.05) is 30.7 Å². The van der Waals surface area contributed by atoms with Gasteiger partial charge in [-0.15, -0.1) is 0 Å². The third kappa shape index (κ3) is 5.28. The number of H-pyrrole nitrogens is 1. The maximum absolute atomic E-state index is 12.7. The fraction of sp³-hybridized carbons (Fsp3) is 0.167. The van der Waals surface area contributed by atoms with Crippen LogP contribution in [0, 0.1) is 6.92 Å². The molecule has 0 aliphatic rings. The van der Waals surface area contributed by atoms with Crippen LogP contribution in [0.15, 0.2) is 61.3 Å². The van der Waals surface area contributed by atoms with E-state index in [4.69, 9.17) is 11.6 Å². The van der Waals surface area contributed by atoms with Gasteiger partial charge in [0.05, 0.1) is 34.3 Å². The molecule has 178 valence electrons. The summed E-state index contributed by atoms with van der Waals surface area (Å²) in [6, 6.07) is 11.5. The molecule has 35 heavy (non-hydrogen) atoms. The third-order valence-corrected chi connectivity index (χ3v) is 6.58. The van der Waals surface area contributed by atoms with Crippen LogP contribution in [0.25, 0.3) is 11.0 Å². The summed E-state index contributed by atoms with van der Waals surface area (Å²) in [5.74, 6) is 0.447. The van der Waals surface area contributed by atoms with Crippen LogP contribution in [0.5, 0.6) is 0 Å². The summed E-state index contributed by atoms with van der Waals surface area (Å²) in [6.07, 6.45) is 7.03. The number of amides is 1. The normalized spacial score (nSPS) is 12.0. The summed E-state index contributed by atoms with van der Waals surface area (Å²) in [5, 5.41) is 10.6. The van der Waals surface area contributed by atoms with Crippen molar-refractivity contribution >= 4 is 62.3 Å². The molecule has 0 aliphatic heterocycles. The van der Waals surface area contributed by atoms with E-state index in [-0.39, 0.29) is 11.9 Å². The minimum Gasteiger partial charge on any atom is -0.352 e. The highest BCUT2D eigenvalue weighted by atomic mass is 35.5. The van der Waals surface area contributed by atoms with Crippen molar-refractivity contribution in [2.24, 2.45) is 0 Å². The number of fused-ring (bicyclic) bond motifs is 1. The molecule has 5 aromatic rings. The minimum absolute atomic E-state index is 0.164. The topological polar surface area (TPSA) is 113 Å². The highest BCUT2D eigenvalue weighted by Gasteiger charge is 2.14.